The lowest BCUT2D eigenvalue weighted by Crippen LogP contribution is -2.40. The Morgan fingerprint density at radius 1 is 1.15 bits per heavy atom. The molecule has 0 spiro atoms. The number of aromatic nitrogens is 1. The highest BCUT2D eigenvalue weighted by atomic mass is 35.5. The number of primary amides is 1. The predicted molar refractivity (Wildman–Crippen MR) is 114 cm³/mol. The molecule has 2 aromatic rings. The quantitative estimate of drug-likeness (QED) is 0.382. The lowest BCUT2D eigenvalue weighted by atomic mass is 9.78. The number of halogens is 5. The molecule has 1 fully saturated rings. The van der Waals surface area contributed by atoms with Gasteiger partial charge in [0.1, 0.15) is 6.61 Å². The van der Waals surface area contributed by atoms with Gasteiger partial charge in [0, 0.05) is 42.8 Å². The fraction of sp³-hybridized carbons (Fsp3) is 0.364. The van der Waals surface area contributed by atoms with Gasteiger partial charge in [0.25, 0.3) is 0 Å². The highest BCUT2D eigenvalue weighted by Crippen LogP contribution is 2.30. The van der Waals surface area contributed by atoms with E-state index in [0.29, 0.717) is 18.7 Å². The molecule has 12 heteroatoms. The van der Waals surface area contributed by atoms with E-state index in [2.05, 4.69) is 10.3 Å². The molecule has 3 rings (SSSR count). The number of amides is 2. The Bertz CT molecular complexity index is 1030. The Balaban J connectivity index is 0.00000408. The summed E-state index contributed by atoms with van der Waals surface area (Å²) in [6.45, 7) is -0.608. The first-order chi connectivity index (χ1) is 15.7. The molecule has 0 aliphatic carbocycles. The number of hydrogen-bond acceptors (Lipinski definition) is 5. The second-order valence-electron chi connectivity index (χ2n) is 7.71. The van der Waals surface area contributed by atoms with Crippen molar-refractivity contribution in [1.82, 2.24) is 10.3 Å². The zero-order valence-corrected chi connectivity index (χ0v) is 18.5. The van der Waals surface area contributed by atoms with Gasteiger partial charge in [0.2, 0.25) is 23.4 Å². The van der Waals surface area contributed by atoms with Gasteiger partial charge in [-0.2, -0.15) is 8.78 Å². The van der Waals surface area contributed by atoms with Crippen LogP contribution in [0.4, 0.5) is 17.6 Å². The van der Waals surface area contributed by atoms with E-state index in [1.807, 2.05) is 0 Å². The smallest absolute Gasteiger partial charge is 0.223 e. The van der Waals surface area contributed by atoms with Gasteiger partial charge in [0.05, 0.1) is 5.92 Å². The number of pyridine rings is 1. The number of benzene rings is 1. The fourth-order valence-corrected chi connectivity index (χ4v) is 3.81. The van der Waals surface area contributed by atoms with E-state index in [9.17, 15) is 31.9 Å². The Kier molecular flexibility index (Phi) is 9.36. The summed E-state index contributed by atoms with van der Waals surface area (Å²) in [7, 11) is 0. The van der Waals surface area contributed by atoms with Crippen LogP contribution in [0.5, 0.6) is 5.75 Å². The number of nitrogens with zero attached hydrogens (tertiary/aromatic N) is 1. The summed E-state index contributed by atoms with van der Waals surface area (Å²) < 4.78 is 59.5. The molecule has 1 aliphatic rings. The number of hydrogen-bond donors (Lipinski definition) is 2. The Labute approximate surface area is 198 Å². The van der Waals surface area contributed by atoms with Crippen LogP contribution in [-0.4, -0.2) is 35.7 Å². The van der Waals surface area contributed by atoms with Gasteiger partial charge in [-0.25, -0.2) is 8.78 Å². The van der Waals surface area contributed by atoms with Gasteiger partial charge in [-0.15, -0.1) is 12.4 Å². The third-order valence-electron chi connectivity index (χ3n) is 5.55. The maximum Gasteiger partial charge on any atom is 0.223 e. The molecule has 34 heavy (non-hydrogen) atoms. The Morgan fingerprint density at radius 3 is 2.35 bits per heavy atom. The van der Waals surface area contributed by atoms with Crippen molar-refractivity contribution in [1.29, 1.82) is 0 Å². The zero-order chi connectivity index (χ0) is 24.1. The largest absolute Gasteiger partial charge is 0.480 e. The van der Waals surface area contributed by atoms with Gasteiger partial charge in [-0.05, 0) is 25.0 Å². The van der Waals surface area contributed by atoms with E-state index >= 15 is 0 Å². The summed E-state index contributed by atoms with van der Waals surface area (Å²) in [4.78, 5) is 41.5. The van der Waals surface area contributed by atoms with Crippen LogP contribution in [0.1, 0.15) is 18.5 Å². The van der Waals surface area contributed by atoms with Crippen LogP contribution >= 0.6 is 12.4 Å². The lowest BCUT2D eigenvalue weighted by molar-refractivity contribution is -0.135. The minimum Gasteiger partial charge on any atom is -0.480 e. The average molecular weight is 504 g/mol. The van der Waals surface area contributed by atoms with Crippen molar-refractivity contribution in [3.63, 3.8) is 0 Å². The van der Waals surface area contributed by atoms with E-state index in [1.165, 1.54) is 6.20 Å². The first kappa shape index (κ1) is 27.0. The Morgan fingerprint density at radius 2 is 1.82 bits per heavy atom. The molecule has 1 unspecified atom stereocenters. The average Bonchev–Trinajstić information content (AvgIpc) is 3.19. The van der Waals surface area contributed by atoms with E-state index < -0.39 is 65.1 Å². The second kappa shape index (κ2) is 11.8. The van der Waals surface area contributed by atoms with Crippen LogP contribution in [0.3, 0.4) is 0 Å². The molecule has 3 atom stereocenters. The fourth-order valence-electron chi connectivity index (χ4n) is 3.81. The third-order valence-corrected chi connectivity index (χ3v) is 5.55. The lowest BCUT2D eigenvalue weighted by Gasteiger charge is -2.25. The first-order valence-electron chi connectivity index (χ1n) is 10.1. The van der Waals surface area contributed by atoms with Gasteiger partial charge in [-0.3, -0.25) is 19.4 Å². The molecular formula is C22H22ClF4N3O4. The van der Waals surface area contributed by atoms with Crippen LogP contribution in [0.25, 0.3) is 0 Å². The summed E-state index contributed by atoms with van der Waals surface area (Å²) in [5.41, 5.74) is 6.01. The normalized spacial score (nSPS) is 16.8. The molecule has 0 saturated carbocycles. The van der Waals surface area contributed by atoms with E-state index in [0.717, 1.165) is 0 Å². The third kappa shape index (κ3) is 6.22. The first-order valence-corrected chi connectivity index (χ1v) is 10.1. The number of rotatable bonds is 10. The van der Waals surface area contributed by atoms with Crippen LogP contribution in [0.2, 0.25) is 0 Å². The molecule has 1 aliphatic heterocycles. The van der Waals surface area contributed by atoms with E-state index in [1.54, 1.807) is 18.2 Å². The predicted octanol–water partition coefficient (Wildman–Crippen LogP) is 2.49. The number of carbonyl (C=O) groups is 3. The molecule has 1 aromatic heterocycles. The minimum atomic E-state index is -1.80. The molecule has 7 nitrogen and oxygen atoms in total. The highest BCUT2D eigenvalue weighted by Gasteiger charge is 2.38. The molecule has 184 valence electrons. The van der Waals surface area contributed by atoms with E-state index in [-0.39, 0.29) is 37.2 Å². The number of ketones is 1. The van der Waals surface area contributed by atoms with Crippen LogP contribution in [0, 0.1) is 41.0 Å². The molecule has 3 N–H and O–H groups in total. The number of nitrogens with two attached hydrogens (primary N) is 1. The topological polar surface area (TPSA) is 111 Å². The van der Waals surface area contributed by atoms with Gasteiger partial charge in [0.15, 0.2) is 23.2 Å². The Hall–Kier alpha value is -3.21. The van der Waals surface area contributed by atoms with Crippen molar-refractivity contribution in [3.05, 3.63) is 59.4 Å². The maximum atomic E-state index is 13.9. The SMILES string of the molecule is Cl.NC(=O)C(Cc1ccccn1)[C@H](C[C@H]1CCNC1=O)C(=O)COc1c(F)c(F)cc(F)c1F. The second-order valence-corrected chi connectivity index (χ2v) is 7.71. The van der Waals surface area contributed by atoms with Crippen LogP contribution in [-0.2, 0) is 20.8 Å². The monoisotopic (exact) mass is 503 g/mol. The molecular weight excluding hydrogens is 482 g/mol. The molecule has 2 amide bonds. The number of nitrogens with one attached hydrogen (secondary N) is 1. The molecule has 0 bridgehead atoms. The van der Waals surface area contributed by atoms with Crippen molar-refractivity contribution >= 4 is 30.0 Å². The summed E-state index contributed by atoms with van der Waals surface area (Å²) >= 11 is 0. The van der Waals surface area contributed by atoms with E-state index in [4.69, 9.17) is 10.5 Å². The maximum absolute atomic E-state index is 13.9. The van der Waals surface area contributed by atoms with Gasteiger partial charge >= 0.3 is 0 Å². The van der Waals surface area contributed by atoms with Gasteiger partial charge in [-0.1, -0.05) is 6.07 Å². The molecule has 2 heterocycles. The molecule has 1 saturated heterocycles. The van der Waals surface area contributed by atoms with Crippen molar-refractivity contribution < 1.29 is 36.7 Å². The number of ether oxygens (including phenoxy) is 1. The summed E-state index contributed by atoms with van der Waals surface area (Å²) in [5.74, 6) is -13.2. The molecule has 1 aromatic carbocycles. The van der Waals surface area contributed by atoms with Crippen molar-refractivity contribution in [2.24, 2.45) is 23.5 Å². The summed E-state index contributed by atoms with van der Waals surface area (Å²) in [6, 6.07) is 4.96. The summed E-state index contributed by atoms with van der Waals surface area (Å²) in [6.07, 6.45) is 1.80. The van der Waals surface area contributed by atoms with Crippen molar-refractivity contribution in [3.8, 4) is 5.75 Å². The van der Waals surface area contributed by atoms with Crippen molar-refractivity contribution in [2.45, 2.75) is 19.3 Å². The minimum absolute atomic E-state index is 0. The zero-order valence-electron chi connectivity index (χ0n) is 17.7. The van der Waals surface area contributed by atoms with Crippen molar-refractivity contribution in [2.75, 3.05) is 13.2 Å². The highest BCUT2D eigenvalue weighted by molar-refractivity contribution is 5.90. The number of Topliss-reactive ketones (excluding diaryl/α,β-unsaturated/α-hetero) is 1. The summed E-state index contributed by atoms with van der Waals surface area (Å²) in [5, 5.41) is 2.62. The van der Waals surface area contributed by atoms with Crippen LogP contribution in [0.15, 0.2) is 30.5 Å². The van der Waals surface area contributed by atoms with Gasteiger partial charge < -0.3 is 15.8 Å². The number of carbonyl (C=O) groups excluding carboxylic acids is 3. The standard InChI is InChI=1S/C22H21F4N3O4.ClH/c23-15-9-16(24)19(26)20(18(15)25)33-10-17(30)13(7-11-4-6-29-22(11)32)14(21(27)31)8-12-3-1-2-5-28-12;/h1-3,5,9,11,13-14H,4,6-8,10H2,(H2,27,31)(H,29,32);1H/t11-,13+,14?;/m1./s1. The van der Waals surface area contributed by atoms with Crippen LogP contribution < -0.4 is 15.8 Å². The molecule has 0 radical (unpaired) electrons.